The van der Waals surface area contributed by atoms with Crippen molar-refractivity contribution in [2.75, 3.05) is 7.05 Å². The van der Waals surface area contributed by atoms with Crippen LogP contribution in [0, 0.1) is 6.92 Å². The van der Waals surface area contributed by atoms with Crippen LogP contribution < -0.4 is 0 Å². The van der Waals surface area contributed by atoms with E-state index < -0.39 is 21.6 Å². The summed E-state index contributed by atoms with van der Waals surface area (Å²) in [4.78, 5) is 12.6. The average Bonchev–Trinajstić information content (AvgIpc) is 2.54. The van der Waals surface area contributed by atoms with Gasteiger partial charge in [-0.2, -0.15) is 0 Å². The summed E-state index contributed by atoms with van der Waals surface area (Å²) < 4.78 is 25.9. The van der Waals surface area contributed by atoms with E-state index in [0.29, 0.717) is 0 Å². The highest BCUT2D eigenvalue weighted by Gasteiger charge is 2.38. The van der Waals surface area contributed by atoms with Gasteiger partial charge in [-0.25, -0.2) is 8.42 Å². The third-order valence-corrected chi connectivity index (χ3v) is 5.64. The summed E-state index contributed by atoms with van der Waals surface area (Å²) in [6.45, 7) is 1.87. The second-order valence-electron chi connectivity index (χ2n) is 5.34. The molecule has 5 nitrogen and oxygen atoms in total. The molecule has 0 aliphatic carbocycles. The van der Waals surface area contributed by atoms with Crippen LogP contribution in [0.15, 0.2) is 59.1 Å². The molecular weight excluding hydrogens is 314 g/mol. The Hall–Kier alpha value is -2.60. The molecule has 0 bridgehead atoms. The number of nitrogens with zero attached hydrogens (tertiary/aromatic N) is 1. The number of allylic oxidation sites excluding steroid dienone is 1. The van der Waals surface area contributed by atoms with Crippen LogP contribution >= 0.6 is 0 Å². The second kappa shape index (κ2) is 5.24. The van der Waals surface area contributed by atoms with Crippen molar-refractivity contribution in [3.05, 3.63) is 70.9 Å². The first-order valence-corrected chi connectivity index (χ1v) is 8.39. The molecule has 23 heavy (non-hydrogen) atoms. The Balaban J connectivity index is 2.22. The van der Waals surface area contributed by atoms with Crippen LogP contribution in [0.4, 0.5) is 0 Å². The fourth-order valence-electron chi connectivity index (χ4n) is 2.51. The number of sulfonamides is 1. The predicted molar refractivity (Wildman–Crippen MR) is 84.5 cm³/mol. The topological polar surface area (TPSA) is 74.3 Å². The van der Waals surface area contributed by atoms with E-state index in [1.807, 2.05) is 6.92 Å². The number of ketones is 1. The number of hydrogen-bond donors (Lipinski definition) is 0. The molecule has 1 aliphatic heterocycles. The molecule has 0 aromatic heterocycles. The third kappa shape index (κ3) is 2.31. The van der Waals surface area contributed by atoms with Gasteiger partial charge in [0.1, 0.15) is 5.70 Å². The summed E-state index contributed by atoms with van der Waals surface area (Å²) in [6.07, 6.45) is 0. The summed E-state index contributed by atoms with van der Waals surface area (Å²) in [5, 5.41) is 12.6. The van der Waals surface area contributed by atoms with E-state index in [0.717, 1.165) is 9.87 Å². The smallest absolute Gasteiger partial charge is 0.265 e. The van der Waals surface area contributed by atoms with Gasteiger partial charge >= 0.3 is 0 Å². The Labute approximate surface area is 134 Å². The monoisotopic (exact) mass is 328 g/mol. The molecule has 0 fully saturated rings. The first-order chi connectivity index (χ1) is 10.8. The summed E-state index contributed by atoms with van der Waals surface area (Å²) in [5.74, 6) is -1.18. The fourth-order valence-corrected chi connectivity index (χ4v) is 3.90. The number of carbonyl (C=O) groups excluding carboxylic acids is 1. The lowest BCUT2D eigenvalue weighted by molar-refractivity contribution is 0.101. The van der Waals surface area contributed by atoms with Gasteiger partial charge in [0.2, 0.25) is 11.5 Å². The maximum Gasteiger partial charge on any atom is 0.265 e. The molecule has 2 aromatic carbocycles. The zero-order valence-corrected chi connectivity index (χ0v) is 13.4. The van der Waals surface area contributed by atoms with Gasteiger partial charge in [-0.3, -0.25) is 14.2 Å². The van der Waals surface area contributed by atoms with Crippen molar-refractivity contribution in [1.82, 2.24) is 4.31 Å². The molecule has 0 N–H and O–H groups in total. The lowest BCUT2D eigenvalue weighted by atomic mass is 10.0. The first-order valence-electron chi connectivity index (χ1n) is 6.95. The molecular formula is C17H14NO4S. The zero-order valence-electron chi connectivity index (χ0n) is 12.6. The van der Waals surface area contributed by atoms with E-state index in [9.17, 15) is 18.3 Å². The number of Topliss-reactive ketones (excluding diaryl/α,β-unsaturated/α-hetero) is 1. The Morgan fingerprint density at radius 2 is 1.61 bits per heavy atom. The number of likely N-dealkylation sites (N-methyl/N-ethyl adjacent to an activating group) is 1. The van der Waals surface area contributed by atoms with Gasteiger partial charge in [-0.1, -0.05) is 42.0 Å². The molecule has 1 radical (unpaired) electrons. The van der Waals surface area contributed by atoms with Gasteiger partial charge in [0.15, 0.2) is 0 Å². The van der Waals surface area contributed by atoms with Crippen molar-refractivity contribution in [3.8, 4) is 0 Å². The minimum absolute atomic E-state index is 0.0288. The summed E-state index contributed by atoms with van der Waals surface area (Å²) in [6, 6.07) is 12.6. The minimum atomic E-state index is -3.91. The molecule has 3 rings (SSSR count). The quantitative estimate of drug-likeness (QED) is 0.795. The number of carbonyl (C=O) groups is 1. The van der Waals surface area contributed by atoms with Gasteiger partial charge in [-0.15, -0.1) is 0 Å². The molecule has 0 saturated carbocycles. The standard InChI is InChI=1S/C17H14NO4S/c1-11-7-9-12(10-8-11)16(19)15-17(20)13-5-3-4-6-14(13)23(21,22)18(15)2/h3-10H,1-2H3. The number of rotatable bonds is 2. The van der Waals surface area contributed by atoms with Crippen LogP contribution in [0.25, 0.3) is 5.76 Å². The largest absolute Gasteiger partial charge is 0.287 e. The molecule has 0 atom stereocenters. The van der Waals surface area contributed by atoms with E-state index >= 15 is 0 Å². The van der Waals surface area contributed by atoms with Crippen LogP contribution in [-0.2, 0) is 15.1 Å². The van der Waals surface area contributed by atoms with Crippen LogP contribution in [0.3, 0.4) is 0 Å². The highest BCUT2D eigenvalue weighted by Crippen LogP contribution is 2.35. The molecule has 6 heteroatoms. The molecule has 2 aromatic rings. The Morgan fingerprint density at radius 1 is 1.00 bits per heavy atom. The molecule has 1 aliphatic rings. The Kier molecular flexibility index (Phi) is 3.49. The lowest BCUT2D eigenvalue weighted by Gasteiger charge is -2.27. The first kappa shape index (κ1) is 15.3. The van der Waals surface area contributed by atoms with Crippen molar-refractivity contribution >= 4 is 21.6 Å². The fraction of sp³-hybridized carbons (Fsp3) is 0.118. The number of aryl methyl sites for hydroxylation is 1. The maximum absolute atomic E-state index is 12.7. The second-order valence-corrected chi connectivity index (χ2v) is 7.28. The molecule has 0 saturated heterocycles. The van der Waals surface area contributed by atoms with E-state index in [2.05, 4.69) is 0 Å². The van der Waals surface area contributed by atoms with Gasteiger partial charge in [-0.05, 0) is 19.1 Å². The SMILES string of the molecule is Cc1ccc(C(=O)C2=C([O])c3ccccc3S(=O)(=O)N2C)cc1. The summed E-state index contributed by atoms with van der Waals surface area (Å²) >= 11 is 0. The van der Waals surface area contributed by atoms with Gasteiger partial charge in [0, 0.05) is 18.2 Å². The van der Waals surface area contributed by atoms with Crippen LogP contribution in [0.1, 0.15) is 21.5 Å². The highest BCUT2D eigenvalue weighted by atomic mass is 32.2. The van der Waals surface area contributed by atoms with Crippen molar-refractivity contribution in [1.29, 1.82) is 0 Å². The predicted octanol–water partition coefficient (Wildman–Crippen LogP) is 2.61. The van der Waals surface area contributed by atoms with Gasteiger partial charge < -0.3 is 0 Å². The van der Waals surface area contributed by atoms with E-state index in [1.54, 1.807) is 36.4 Å². The number of benzene rings is 2. The van der Waals surface area contributed by atoms with Crippen LogP contribution in [0.5, 0.6) is 0 Å². The molecule has 0 amide bonds. The van der Waals surface area contributed by atoms with Crippen LogP contribution in [-0.4, -0.2) is 25.6 Å². The van der Waals surface area contributed by atoms with Gasteiger partial charge in [0.05, 0.1) is 4.90 Å². The van der Waals surface area contributed by atoms with Crippen LogP contribution in [0.2, 0.25) is 0 Å². The average molecular weight is 328 g/mol. The summed E-state index contributed by atoms with van der Waals surface area (Å²) in [7, 11) is -2.68. The highest BCUT2D eigenvalue weighted by molar-refractivity contribution is 7.89. The number of fused-ring (bicyclic) bond motifs is 1. The lowest BCUT2D eigenvalue weighted by Crippen LogP contribution is -2.34. The Bertz CT molecular complexity index is 927. The zero-order chi connectivity index (χ0) is 16.8. The van der Waals surface area contributed by atoms with Crippen molar-refractivity contribution in [2.45, 2.75) is 11.8 Å². The molecule has 0 spiro atoms. The normalized spacial score (nSPS) is 16.2. The molecule has 1 heterocycles. The third-order valence-electron chi connectivity index (χ3n) is 3.83. The van der Waals surface area contributed by atoms with Crippen molar-refractivity contribution < 1.29 is 18.3 Å². The minimum Gasteiger partial charge on any atom is -0.287 e. The van der Waals surface area contributed by atoms with E-state index in [1.165, 1.54) is 19.2 Å². The maximum atomic E-state index is 12.7. The Morgan fingerprint density at radius 3 is 2.26 bits per heavy atom. The van der Waals surface area contributed by atoms with E-state index in [-0.39, 0.29) is 21.7 Å². The van der Waals surface area contributed by atoms with E-state index in [4.69, 9.17) is 0 Å². The van der Waals surface area contributed by atoms with Gasteiger partial charge in [0.25, 0.3) is 10.0 Å². The molecule has 117 valence electrons. The summed E-state index contributed by atoms with van der Waals surface area (Å²) in [5.41, 5.74) is 0.918. The van der Waals surface area contributed by atoms with Crippen molar-refractivity contribution in [2.24, 2.45) is 0 Å². The number of hydrogen-bond acceptors (Lipinski definition) is 3. The van der Waals surface area contributed by atoms with Crippen molar-refractivity contribution in [3.63, 3.8) is 0 Å². The molecule has 0 unspecified atom stereocenters.